The molecule has 0 aromatic heterocycles. The highest BCUT2D eigenvalue weighted by Gasteiger charge is 2.29. The number of anilines is 2. The fourth-order valence-electron chi connectivity index (χ4n) is 4.20. The van der Waals surface area contributed by atoms with Gasteiger partial charge in [0.25, 0.3) is 0 Å². The lowest BCUT2D eigenvalue weighted by atomic mass is 9.92. The number of rotatable bonds is 6. The lowest BCUT2D eigenvalue weighted by Crippen LogP contribution is -2.25. The van der Waals surface area contributed by atoms with Crippen LogP contribution < -0.4 is 10.5 Å². The minimum absolute atomic E-state index is 0.0817. The Bertz CT molecular complexity index is 731. The predicted molar refractivity (Wildman–Crippen MR) is 106 cm³/mol. The quantitative estimate of drug-likeness (QED) is 0.433. The average molecular weight is 379 g/mol. The van der Waals surface area contributed by atoms with Crippen molar-refractivity contribution >= 4 is 27.2 Å². The van der Waals surface area contributed by atoms with E-state index < -0.39 is 10.0 Å². The number of carbonyl (C=O) groups is 1. The molecule has 0 unspecified atom stereocenters. The number of Topliss-reactive ketones (excluding diaryl/α,β-unsaturated/α-hetero) is 1. The third-order valence-electron chi connectivity index (χ3n) is 5.82. The van der Waals surface area contributed by atoms with Crippen molar-refractivity contribution in [1.29, 1.82) is 0 Å². The van der Waals surface area contributed by atoms with Gasteiger partial charge in [0.05, 0.1) is 16.6 Å². The van der Waals surface area contributed by atoms with Crippen LogP contribution >= 0.6 is 0 Å². The summed E-state index contributed by atoms with van der Waals surface area (Å²) in [5, 5.41) is -0.354. The molecule has 0 bridgehead atoms. The average Bonchev–Trinajstić information content (AvgIpc) is 3.04. The van der Waals surface area contributed by atoms with Crippen LogP contribution in [-0.2, 0) is 10.0 Å². The Morgan fingerprint density at radius 1 is 1.00 bits per heavy atom. The first-order valence-electron chi connectivity index (χ1n) is 9.90. The maximum atomic E-state index is 12.7. The van der Waals surface area contributed by atoms with E-state index in [1.807, 2.05) is 0 Å². The van der Waals surface area contributed by atoms with E-state index in [0.29, 0.717) is 42.1 Å². The first-order valence-corrected chi connectivity index (χ1v) is 11.4. The zero-order chi connectivity index (χ0) is 18.6. The third kappa shape index (κ3) is 4.78. The molecule has 26 heavy (non-hydrogen) atoms. The number of hydrogen-bond donors (Lipinski definition) is 2. The molecule has 1 aromatic carbocycles. The van der Waals surface area contributed by atoms with Crippen LogP contribution in [0.5, 0.6) is 0 Å². The Kier molecular flexibility index (Phi) is 6.22. The smallest absolute Gasteiger partial charge is 0.235 e. The van der Waals surface area contributed by atoms with Gasteiger partial charge in [-0.05, 0) is 37.0 Å². The van der Waals surface area contributed by atoms with Gasteiger partial charge in [-0.15, -0.1) is 0 Å². The summed E-state index contributed by atoms with van der Waals surface area (Å²) < 4.78 is 27.7. The van der Waals surface area contributed by atoms with Crippen LogP contribution in [0.1, 0.15) is 81.0 Å². The van der Waals surface area contributed by atoms with Crippen molar-refractivity contribution in [3.8, 4) is 0 Å². The molecule has 3 N–H and O–H groups in total. The van der Waals surface area contributed by atoms with Crippen molar-refractivity contribution in [2.75, 3.05) is 10.5 Å². The van der Waals surface area contributed by atoms with Gasteiger partial charge in [-0.1, -0.05) is 51.4 Å². The van der Waals surface area contributed by atoms with Crippen molar-refractivity contribution in [2.24, 2.45) is 5.92 Å². The second kappa shape index (κ2) is 8.42. The van der Waals surface area contributed by atoms with Crippen molar-refractivity contribution < 1.29 is 13.2 Å². The lowest BCUT2D eigenvalue weighted by Gasteiger charge is -2.16. The summed E-state index contributed by atoms with van der Waals surface area (Å²) >= 11 is 0. The van der Waals surface area contributed by atoms with Gasteiger partial charge in [0.15, 0.2) is 5.78 Å². The number of ketones is 1. The SMILES string of the molecule is Nc1ccc(C(=O)CC2CCCCCC2)cc1NS(=O)(=O)C1CCCC1. The van der Waals surface area contributed by atoms with Crippen LogP contribution in [0.4, 0.5) is 11.4 Å². The molecule has 6 heteroatoms. The topological polar surface area (TPSA) is 89.3 Å². The number of nitrogens with one attached hydrogen (secondary N) is 1. The van der Waals surface area contributed by atoms with Crippen LogP contribution in [-0.4, -0.2) is 19.5 Å². The molecule has 0 spiro atoms. The van der Waals surface area contributed by atoms with E-state index in [-0.39, 0.29) is 11.0 Å². The maximum Gasteiger partial charge on any atom is 0.235 e. The van der Waals surface area contributed by atoms with Gasteiger partial charge < -0.3 is 5.73 Å². The highest BCUT2D eigenvalue weighted by molar-refractivity contribution is 7.93. The standard InChI is InChI=1S/C20H30N2O3S/c21-18-12-11-16(20(23)13-15-7-3-1-2-4-8-15)14-19(18)22-26(24,25)17-9-5-6-10-17/h11-12,14-15,17,22H,1-10,13,21H2. The van der Waals surface area contributed by atoms with Gasteiger partial charge in [0.2, 0.25) is 10.0 Å². The summed E-state index contributed by atoms with van der Waals surface area (Å²) in [6.07, 6.45) is 11.0. The highest BCUT2D eigenvalue weighted by Crippen LogP contribution is 2.30. The van der Waals surface area contributed by atoms with Crippen molar-refractivity contribution in [3.05, 3.63) is 23.8 Å². The zero-order valence-corrected chi connectivity index (χ0v) is 16.2. The molecule has 2 aliphatic rings. The number of carbonyl (C=O) groups excluding carboxylic acids is 1. The van der Waals surface area contributed by atoms with Crippen LogP contribution in [0.2, 0.25) is 0 Å². The van der Waals surface area contributed by atoms with Crippen LogP contribution in [0.15, 0.2) is 18.2 Å². The van der Waals surface area contributed by atoms with E-state index in [0.717, 1.165) is 25.7 Å². The Labute approximate surface area is 156 Å². The summed E-state index contributed by atoms with van der Waals surface area (Å²) in [5.74, 6) is 0.527. The van der Waals surface area contributed by atoms with Gasteiger partial charge in [0.1, 0.15) is 0 Å². The molecule has 0 aliphatic heterocycles. The summed E-state index contributed by atoms with van der Waals surface area (Å²) in [5.41, 5.74) is 7.21. The Hall–Kier alpha value is -1.56. The van der Waals surface area contributed by atoms with Gasteiger partial charge in [-0.2, -0.15) is 0 Å². The lowest BCUT2D eigenvalue weighted by molar-refractivity contribution is 0.0957. The van der Waals surface area contributed by atoms with E-state index >= 15 is 0 Å². The monoisotopic (exact) mass is 378 g/mol. The van der Waals surface area contributed by atoms with Crippen molar-refractivity contribution in [2.45, 2.75) is 75.9 Å². The molecule has 0 amide bonds. The molecule has 1 aromatic rings. The number of sulfonamides is 1. The molecule has 0 saturated heterocycles. The molecule has 144 valence electrons. The van der Waals surface area contributed by atoms with Gasteiger partial charge in [-0.3, -0.25) is 9.52 Å². The summed E-state index contributed by atoms with van der Waals surface area (Å²) in [7, 11) is -3.45. The van der Waals surface area contributed by atoms with Crippen LogP contribution in [0.25, 0.3) is 0 Å². The summed E-state index contributed by atoms with van der Waals surface area (Å²) in [4.78, 5) is 12.7. The molecule has 2 fully saturated rings. The molecule has 5 nitrogen and oxygen atoms in total. The highest BCUT2D eigenvalue weighted by atomic mass is 32.2. The van der Waals surface area contributed by atoms with E-state index in [4.69, 9.17) is 5.73 Å². The van der Waals surface area contributed by atoms with E-state index in [9.17, 15) is 13.2 Å². The molecule has 2 aliphatic carbocycles. The molecular weight excluding hydrogens is 348 g/mol. The number of benzene rings is 1. The van der Waals surface area contributed by atoms with E-state index in [1.54, 1.807) is 18.2 Å². The maximum absolute atomic E-state index is 12.7. The summed E-state index contributed by atoms with van der Waals surface area (Å²) in [6, 6.07) is 4.95. The van der Waals surface area contributed by atoms with Crippen molar-refractivity contribution in [3.63, 3.8) is 0 Å². The summed E-state index contributed by atoms with van der Waals surface area (Å²) in [6.45, 7) is 0. The minimum atomic E-state index is -3.45. The van der Waals surface area contributed by atoms with Crippen LogP contribution in [0.3, 0.4) is 0 Å². The molecule has 0 heterocycles. The van der Waals surface area contributed by atoms with E-state index in [2.05, 4.69) is 4.72 Å². The Morgan fingerprint density at radius 2 is 1.62 bits per heavy atom. The number of nitrogens with two attached hydrogens (primary N) is 1. The second-order valence-electron chi connectivity index (χ2n) is 7.84. The van der Waals surface area contributed by atoms with Gasteiger partial charge in [-0.25, -0.2) is 8.42 Å². The molecule has 3 rings (SSSR count). The molecule has 0 radical (unpaired) electrons. The Morgan fingerprint density at radius 3 is 2.27 bits per heavy atom. The Balaban J connectivity index is 1.71. The zero-order valence-electron chi connectivity index (χ0n) is 15.4. The second-order valence-corrected chi connectivity index (χ2v) is 9.80. The fourth-order valence-corrected chi connectivity index (χ4v) is 5.81. The number of nitrogen functional groups attached to an aromatic ring is 1. The first-order chi connectivity index (χ1) is 12.5. The fraction of sp³-hybridized carbons (Fsp3) is 0.650. The van der Waals surface area contributed by atoms with E-state index in [1.165, 1.54) is 25.7 Å². The normalized spacial score (nSPS) is 20.0. The third-order valence-corrected chi connectivity index (χ3v) is 7.67. The number of hydrogen-bond acceptors (Lipinski definition) is 4. The largest absolute Gasteiger partial charge is 0.397 e. The molecule has 0 atom stereocenters. The first kappa shape index (κ1) is 19.2. The van der Waals surface area contributed by atoms with Gasteiger partial charge in [0, 0.05) is 12.0 Å². The molecule has 2 saturated carbocycles. The van der Waals surface area contributed by atoms with Gasteiger partial charge >= 0.3 is 0 Å². The predicted octanol–water partition coefficient (Wildman–Crippen LogP) is 4.50. The van der Waals surface area contributed by atoms with Crippen LogP contribution in [0, 0.1) is 5.92 Å². The molecular formula is C20H30N2O3S. The minimum Gasteiger partial charge on any atom is -0.397 e. The van der Waals surface area contributed by atoms with Crippen molar-refractivity contribution in [1.82, 2.24) is 0 Å².